The van der Waals surface area contributed by atoms with Crippen molar-refractivity contribution in [3.8, 4) is 0 Å². The maximum Gasteiger partial charge on any atom is 0.249 e. The van der Waals surface area contributed by atoms with Crippen LogP contribution in [0, 0.1) is 0 Å². The highest BCUT2D eigenvalue weighted by Gasteiger charge is 2.50. The van der Waals surface area contributed by atoms with Crippen molar-refractivity contribution in [2.24, 2.45) is 5.14 Å². The van der Waals surface area contributed by atoms with Gasteiger partial charge in [0.15, 0.2) is 4.24 Å². The third-order valence-electron chi connectivity index (χ3n) is 4.49. The molecule has 9 nitrogen and oxygen atoms in total. The molecule has 0 aromatic heterocycles. The number of hydrogen-bond donors (Lipinski definition) is 2. The molecule has 0 aliphatic carbocycles. The molecule has 3 heterocycles. The Balaban J connectivity index is 1.63. The Kier molecular flexibility index (Phi) is 5.27. The SMILES string of the molecule is CC1(C(=O)NCCN2CCOCC2)CC2=C(S1)S(=O)(=O)C(S(N)(=O)=O)=C2. The molecule has 0 radical (unpaired) electrons. The normalized spacial score (nSPS) is 28.8. The van der Waals surface area contributed by atoms with Crippen LogP contribution in [-0.2, 0) is 29.4 Å². The summed E-state index contributed by atoms with van der Waals surface area (Å²) >= 11 is 0.878. The Morgan fingerprint density at radius 3 is 2.65 bits per heavy atom. The molecule has 0 saturated carbocycles. The van der Waals surface area contributed by atoms with E-state index in [1.807, 2.05) is 0 Å². The van der Waals surface area contributed by atoms with Crippen LogP contribution in [0.5, 0.6) is 0 Å². The maximum atomic E-state index is 12.6. The first-order valence-electron chi connectivity index (χ1n) is 8.04. The molecular weight excluding hydrogens is 402 g/mol. The molecule has 26 heavy (non-hydrogen) atoms. The molecule has 3 rings (SSSR count). The lowest BCUT2D eigenvalue weighted by Crippen LogP contribution is -2.46. The summed E-state index contributed by atoms with van der Waals surface area (Å²) in [6.07, 6.45) is 1.20. The van der Waals surface area contributed by atoms with Crippen LogP contribution in [0.25, 0.3) is 0 Å². The van der Waals surface area contributed by atoms with Crippen LogP contribution in [0.2, 0.25) is 0 Å². The largest absolute Gasteiger partial charge is 0.379 e. The van der Waals surface area contributed by atoms with Gasteiger partial charge in [-0.2, -0.15) is 0 Å². The Bertz CT molecular complexity index is 887. The number of nitrogens with zero attached hydrogens (tertiary/aromatic N) is 1. The number of thioether (sulfide) groups is 1. The minimum absolute atomic E-state index is 0.0904. The average molecular weight is 424 g/mol. The molecule has 0 spiro atoms. The number of sulfonamides is 1. The van der Waals surface area contributed by atoms with Crippen LogP contribution in [-0.4, -0.2) is 71.8 Å². The molecule has 12 heteroatoms. The van der Waals surface area contributed by atoms with Gasteiger partial charge in [-0.3, -0.25) is 9.69 Å². The Morgan fingerprint density at radius 2 is 2.08 bits per heavy atom. The highest BCUT2D eigenvalue weighted by atomic mass is 32.3. The number of nitrogens with two attached hydrogens (primary N) is 1. The van der Waals surface area contributed by atoms with Crippen LogP contribution in [0.3, 0.4) is 0 Å². The lowest BCUT2D eigenvalue weighted by molar-refractivity contribution is -0.123. The van der Waals surface area contributed by atoms with Crippen LogP contribution >= 0.6 is 11.8 Å². The van der Waals surface area contributed by atoms with Gasteiger partial charge >= 0.3 is 0 Å². The molecule has 146 valence electrons. The van der Waals surface area contributed by atoms with Crippen LogP contribution < -0.4 is 10.5 Å². The second kappa shape index (κ2) is 6.91. The van der Waals surface area contributed by atoms with Gasteiger partial charge in [-0.05, 0) is 25.0 Å². The Labute approximate surface area is 157 Å². The molecule has 0 bridgehead atoms. The third kappa shape index (κ3) is 3.71. The smallest absolute Gasteiger partial charge is 0.249 e. The maximum absolute atomic E-state index is 12.6. The van der Waals surface area contributed by atoms with Crippen LogP contribution in [0.15, 0.2) is 20.1 Å². The van der Waals surface area contributed by atoms with E-state index in [1.54, 1.807) is 6.92 Å². The summed E-state index contributed by atoms with van der Waals surface area (Å²) in [6, 6.07) is 0. The number of ether oxygens (including phenoxy) is 1. The molecule has 1 saturated heterocycles. The van der Waals surface area contributed by atoms with Crippen molar-refractivity contribution in [2.75, 3.05) is 39.4 Å². The van der Waals surface area contributed by atoms with Gasteiger partial charge in [-0.25, -0.2) is 22.0 Å². The lowest BCUT2D eigenvalue weighted by atomic mass is 10.0. The van der Waals surface area contributed by atoms with Gasteiger partial charge in [0.2, 0.25) is 25.8 Å². The van der Waals surface area contributed by atoms with E-state index in [0.29, 0.717) is 31.9 Å². The zero-order valence-electron chi connectivity index (χ0n) is 14.2. The summed E-state index contributed by atoms with van der Waals surface area (Å²) < 4.78 is 51.1. The molecule has 3 aliphatic rings. The molecule has 1 unspecified atom stereocenters. The fourth-order valence-electron chi connectivity index (χ4n) is 3.09. The van der Waals surface area contributed by atoms with Crippen molar-refractivity contribution < 1.29 is 26.4 Å². The highest BCUT2D eigenvalue weighted by Crippen LogP contribution is 2.54. The topological polar surface area (TPSA) is 136 Å². The fraction of sp³-hybridized carbons (Fsp3) is 0.643. The average Bonchev–Trinajstić information content (AvgIpc) is 3.02. The molecule has 1 atom stereocenters. The molecule has 3 aliphatic heterocycles. The van der Waals surface area contributed by atoms with E-state index < -0.39 is 28.8 Å². The van der Waals surface area contributed by atoms with E-state index in [1.165, 1.54) is 0 Å². The lowest BCUT2D eigenvalue weighted by Gasteiger charge is -2.28. The Hall–Kier alpha value is -0.920. The Morgan fingerprint density at radius 1 is 1.42 bits per heavy atom. The predicted molar refractivity (Wildman–Crippen MR) is 98.0 cm³/mol. The van der Waals surface area contributed by atoms with Crippen molar-refractivity contribution in [1.82, 2.24) is 10.2 Å². The second-order valence-corrected chi connectivity index (χ2v) is 12.0. The minimum atomic E-state index is -4.33. The number of sulfone groups is 1. The molecule has 3 N–H and O–H groups in total. The summed E-state index contributed by atoms with van der Waals surface area (Å²) in [6.45, 7) is 5.78. The van der Waals surface area contributed by atoms with Crippen molar-refractivity contribution in [3.63, 3.8) is 0 Å². The third-order valence-corrected chi connectivity index (χ3v) is 10.1. The first-order chi connectivity index (χ1) is 12.0. The number of primary sulfonamides is 1. The van der Waals surface area contributed by atoms with E-state index in [4.69, 9.17) is 9.88 Å². The van der Waals surface area contributed by atoms with Gasteiger partial charge in [0.1, 0.15) is 8.98 Å². The summed E-state index contributed by atoms with van der Waals surface area (Å²) in [5.41, 5.74) is 0.324. The van der Waals surface area contributed by atoms with E-state index >= 15 is 0 Å². The molecular formula is C14H21N3O6S3. The van der Waals surface area contributed by atoms with Crippen molar-refractivity contribution >= 4 is 37.5 Å². The number of carbonyl (C=O) groups is 1. The number of nitrogens with one attached hydrogen (secondary N) is 1. The van der Waals surface area contributed by atoms with Gasteiger partial charge in [0.05, 0.1) is 13.2 Å². The highest BCUT2D eigenvalue weighted by molar-refractivity contribution is 8.26. The first kappa shape index (κ1) is 19.8. The van der Waals surface area contributed by atoms with E-state index in [-0.39, 0.29) is 16.6 Å². The van der Waals surface area contributed by atoms with Gasteiger partial charge in [0, 0.05) is 26.2 Å². The predicted octanol–water partition coefficient (Wildman–Crippen LogP) is -0.900. The standard InChI is InChI=1S/C14H21N3O6S3/c1-14(13(18)16-2-3-17-4-6-23-7-5-17)9-10-8-11(26(15,21)22)25(19,20)12(10)24-14/h8H,2-7,9H2,1H3,(H,16,18)(H2,15,21,22). The number of carbonyl (C=O) groups excluding carboxylic acids is 1. The summed E-state index contributed by atoms with van der Waals surface area (Å²) in [5.74, 6) is -0.272. The minimum Gasteiger partial charge on any atom is -0.379 e. The number of rotatable bonds is 5. The van der Waals surface area contributed by atoms with Crippen molar-refractivity contribution in [1.29, 1.82) is 0 Å². The number of hydrogen-bond acceptors (Lipinski definition) is 8. The summed E-state index contributed by atoms with van der Waals surface area (Å²) in [5, 5.41) is 7.82. The summed E-state index contributed by atoms with van der Waals surface area (Å²) in [7, 11) is -8.51. The zero-order valence-corrected chi connectivity index (χ0v) is 16.7. The van der Waals surface area contributed by atoms with Gasteiger partial charge in [0.25, 0.3) is 0 Å². The van der Waals surface area contributed by atoms with Crippen LogP contribution in [0.1, 0.15) is 13.3 Å². The van der Waals surface area contributed by atoms with Gasteiger partial charge in [-0.15, -0.1) is 0 Å². The molecule has 0 aromatic carbocycles. The zero-order chi connectivity index (χ0) is 19.2. The van der Waals surface area contributed by atoms with E-state index in [2.05, 4.69) is 10.2 Å². The first-order valence-corrected chi connectivity index (χ1v) is 11.9. The number of allylic oxidation sites excluding steroid dienone is 2. The molecule has 1 amide bonds. The number of amides is 1. The fourth-order valence-corrected chi connectivity index (χ4v) is 8.31. The van der Waals surface area contributed by atoms with Crippen molar-refractivity contribution in [3.05, 3.63) is 20.1 Å². The van der Waals surface area contributed by atoms with E-state index in [9.17, 15) is 21.6 Å². The quantitative estimate of drug-likeness (QED) is 0.581. The second-order valence-electron chi connectivity index (χ2n) is 6.54. The van der Waals surface area contributed by atoms with Crippen molar-refractivity contribution in [2.45, 2.75) is 18.1 Å². The van der Waals surface area contributed by atoms with E-state index in [0.717, 1.165) is 30.9 Å². The molecule has 1 fully saturated rings. The van der Waals surface area contributed by atoms with Gasteiger partial charge < -0.3 is 10.1 Å². The summed E-state index contributed by atoms with van der Waals surface area (Å²) in [4.78, 5) is 14.7. The number of morpholine rings is 1. The van der Waals surface area contributed by atoms with Crippen LogP contribution in [0.4, 0.5) is 0 Å². The van der Waals surface area contributed by atoms with Gasteiger partial charge in [-0.1, -0.05) is 11.8 Å². The monoisotopic (exact) mass is 423 g/mol. The molecule has 0 aromatic rings.